The number of aromatic amines is 1. The minimum atomic E-state index is -0.497. The van der Waals surface area contributed by atoms with Crippen molar-refractivity contribution in [1.82, 2.24) is 25.2 Å². The van der Waals surface area contributed by atoms with Gasteiger partial charge >= 0.3 is 0 Å². The van der Waals surface area contributed by atoms with Gasteiger partial charge in [-0.1, -0.05) is 0 Å². The molecule has 2 aromatic heterocycles. The zero-order valence-electron chi connectivity index (χ0n) is 16.4. The Hall–Kier alpha value is -2.41. The lowest BCUT2D eigenvalue weighted by Crippen LogP contribution is -2.47. The van der Waals surface area contributed by atoms with Crippen molar-refractivity contribution in [3.05, 3.63) is 41.6 Å². The largest absolute Gasteiger partial charge is 0.380 e. The monoisotopic (exact) mass is 412 g/mol. The number of carbonyl (C=O) groups is 1. The van der Waals surface area contributed by atoms with Crippen LogP contribution >= 0.6 is 11.8 Å². The molecule has 1 amide bonds. The summed E-state index contributed by atoms with van der Waals surface area (Å²) in [6.45, 7) is 3.78. The van der Waals surface area contributed by atoms with E-state index in [0.29, 0.717) is 38.4 Å². The second kappa shape index (κ2) is 8.53. The summed E-state index contributed by atoms with van der Waals surface area (Å²) in [4.78, 5) is 27.0. The maximum Gasteiger partial charge on any atom is 0.230 e. The van der Waals surface area contributed by atoms with E-state index in [-0.39, 0.29) is 11.8 Å². The molecule has 4 rings (SSSR count). The van der Waals surface area contributed by atoms with Gasteiger partial charge < -0.3 is 15.0 Å². The van der Waals surface area contributed by atoms with E-state index in [1.807, 2.05) is 18.4 Å². The maximum atomic E-state index is 13.1. The highest BCUT2D eigenvalue weighted by Crippen LogP contribution is 2.42. The van der Waals surface area contributed by atoms with E-state index in [1.165, 1.54) is 11.8 Å². The van der Waals surface area contributed by atoms with Gasteiger partial charge in [0.05, 0.1) is 36.2 Å². The Balaban J connectivity index is 1.40. The molecule has 0 aliphatic carbocycles. The predicted octanol–water partition coefficient (Wildman–Crippen LogP) is 1.21. The first-order valence-corrected chi connectivity index (χ1v) is 10.9. The number of aromatic nitrogens is 3. The van der Waals surface area contributed by atoms with Gasteiger partial charge in [-0.05, 0) is 18.4 Å². The first-order chi connectivity index (χ1) is 14.1. The summed E-state index contributed by atoms with van der Waals surface area (Å²) in [6, 6.07) is 5.91. The molecule has 8 nitrogen and oxygen atoms in total. The van der Waals surface area contributed by atoms with Crippen LogP contribution in [-0.4, -0.2) is 64.9 Å². The molecule has 2 saturated heterocycles. The van der Waals surface area contributed by atoms with Crippen molar-refractivity contribution in [3.63, 3.8) is 0 Å². The lowest BCUT2D eigenvalue weighted by atomic mass is 9.80. The topological polar surface area (TPSA) is 107 Å². The number of amides is 1. The number of imidazole rings is 1. The molecule has 9 heteroatoms. The maximum absolute atomic E-state index is 13.1. The number of thioether (sulfide) groups is 1. The van der Waals surface area contributed by atoms with Crippen LogP contribution in [0.25, 0.3) is 0 Å². The standard InChI is InChI=1S/C20H24N6O2S/c1-29-18-14(6-21)2-3-17(25-18)9-26-8-15-10-28-12-20(15,11-26)19(27)23-5-4-16-7-22-13-24-16/h2-3,7,13,15H,4-5,8-12H2,1H3,(H,22,24)(H,23,27)/t15-,20-/m0/s1. The number of pyridine rings is 1. The van der Waals surface area contributed by atoms with Crippen molar-refractivity contribution < 1.29 is 9.53 Å². The van der Waals surface area contributed by atoms with Gasteiger partial charge in [-0.15, -0.1) is 11.8 Å². The average molecular weight is 413 g/mol. The fraction of sp³-hybridized carbons (Fsp3) is 0.500. The van der Waals surface area contributed by atoms with Crippen molar-refractivity contribution in [2.75, 3.05) is 39.1 Å². The van der Waals surface area contributed by atoms with Crippen molar-refractivity contribution in [2.45, 2.75) is 18.0 Å². The first-order valence-electron chi connectivity index (χ1n) is 9.64. The Labute approximate surface area is 174 Å². The minimum absolute atomic E-state index is 0.0691. The van der Waals surface area contributed by atoms with Crippen LogP contribution in [-0.2, 0) is 22.5 Å². The van der Waals surface area contributed by atoms with E-state index in [9.17, 15) is 10.1 Å². The molecule has 2 N–H and O–H groups in total. The summed E-state index contributed by atoms with van der Waals surface area (Å²) in [5.41, 5.74) is 2.03. The number of hydrogen-bond donors (Lipinski definition) is 2. The molecule has 0 unspecified atom stereocenters. The number of fused-ring (bicyclic) bond motifs is 1. The SMILES string of the molecule is CSc1nc(CN2C[C@H]3COC[C@@]3(C(=O)NCCc3cnc[nH]3)C2)ccc1C#N. The van der Waals surface area contributed by atoms with Gasteiger partial charge in [0.15, 0.2) is 0 Å². The van der Waals surface area contributed by atoms with Crippen LogP contribution < -0.4 is 5.32 Å². The molecular weight excluding hydrogens is 388 g/mol. The number of ether oxygens (including phenoxy) is 1. The van der Waals surface area contributed by atoms with E-state index in [2.05, 4.69) is 31.2 Å². The van der Waals surface area contributed by atoms with Crippen LogP contribution in [0.5, 0.6) is 0 Å². The molecule has 2 aliphatic rings. The smallest absolute Gasteiger partial charge is 0.230 e. The molecule has 0 radical (unpaired) electrons. The Morgan fingerprint density at radius 1 is 1.55 bits per heavy atom. The summed E-state index contributed by atoms with van der Waals surface area (Å²) in [5, 5.41) is 13.0. The number of nitrogens with zero attached hydrogens (tertiary/aromatic N) is 4. The second-order valence-corrected chi connectivity index (χ2v) is 8.39. The highest BCUT2D eigenvalue weighted by Gasteiger charge is 2.55. The normalized spacial score (nSPS) is 23.7. The average Bonchev–Trinajstić information content (AvgIpc) is 3.44. The summed E-state index contributed by atoms with van der Waals surface area (Å²) < 4.78 is 5.69. The van der Waals surface area contributed by atoms with Crippen LogP contribution in [0.4, 0.5) is 0 Å². The number of likely N-dealkylation sites (tertiary alicyclic amines) is 1. The van der Waals surface area contributed by atoms with Crippen molar-refractivity contribution in [2.24, 2.45) is 11.3 Å². The van der Waals surface area contributed by atoms with Crippen molar-refractivity contribution in [3.8, 4) is 6.07 Å². The van der Waals surface area contributed by atoms with Gasteiger partial charge in [-0.25, -0.2) is 9.97 Å². The number of carbonyl (C=O) groups excluding carboxylic acids is 1. The van der Waals surface area contributed by atoms with Crippen LogP contribution in [0.1, 0.15) is 17.0 Å². The first kappa shape index (κ1) is 19.9. The summed E-state index contributed by atoms with van der Waals surface area (Å²) in [7, 11) is 0. The van der Waals surface area contributed by atoms with E-state index in [4.69, 9.17) is 4.74 Å². The Bertz CT molecular complexity index is 912. The molecule has 29 heavy (non-hydrogen) atoms. The zero-order chi connectivity index (χ0) is 20.3. The molecule has 152 valence electrons. The second-order valence-electron chi connectivity index (χ2n) is 7.59. The number of rotatable bonds is 7. The fourth-order valence-corrected chi connectivity index (χ4v) is 4.77. The molecule has 4 heterocycles. The highest BCUT2D eigenvalue weighted by atomic mass is 32.2. The highest BCUT2D eigenvalue weighted by molar-refractivity contribution is 7.98. The molecule has 0 aromatic carbocycles. The summed E-state index contributed by atoms with van der Waals surface area (Å²) in [6.07, 6.45) is 6.07. The van der Waals surface area contributed by atoms with Crippen molar-refractivity contribution in [1.29, 1.82) is 5.26 Å². The number of H-pyrrole nitrogens is 1. The van der Waals surface area contributed by atoms with Gasteiger partial charge in [0.2, 0.25) is 5.91 Å². The van der Waals surface area contributed by atoms with E-state index < -0.39 is 5.41 Å². The third-order valence-corrected chi connectivity index (χ3v) is 6.45. The third-order valence-electron chi connectivity index (χ3n) is 5.75. The van der Waals surface area contributed by atoms with Gasteiger partial charge in [0.1, 0.15) is 11.1 Å². The molecule has 0 spiro atoms. The lowest BCUT2D eigenvalue weighted by molar-refractivity contribution is -0.131. The van der Waals surface area contributed by atoms with Crippen molar-refractivity contribution >= 4 is 17.7 Å². The Kier molecular flexibility index (Phi) is 5.85. The molecule has 2 aliphatic heterocycles. The molecule has 2 fully saturated rings. The third kappa shape index (κ3) is 4.01. The lowest BCUT2D eigenvalue weighted by Gasteiger charge is -2.26. The summed E-state index contributed by atoms with van der Waals surface area (Å²) in [5.74, 6) is 0.257. The number of nitrogens with one attached hydrogen (secondary N) is 2. The number of nitriles is 1. The quantitative estimate of drug-likeness (QED) is 0.658. The van der Waals surface area contributed by atoms with Gasteiger partial charge in [-0.3, -0.25) is 9.69 Å². The summed E-state index contributed by atoms with van der Waals surface area (Å²) >= 11 is 1.48. The molecule has 2 aromatic rings. The fourth-order valence-electron chi connectivity index (χ4n) is 4.23. The van der Waals surface area contributed by atoms with Gasteiger partial charge in [0.25, 0.3) is 0 Å². The van der Waals surface area contributed by atoms with E-state index in [0.717, 1.165) is 29.4 Å². The Morgan fingerprint density at radius 3 is 3.21 bits per heavy atom. The van der Waals surface area contributed by atoms with Crippen LogP contribution in [0, 0.1) is 22.7 Å². The van der Waals surface area contributed by atoms with Crippen LogP contribution in [0.15, 0.2) is 29.7 Å². The van der Waals surface area contributed by atoms with E-state index in [1.54, 1.807) is 12.5 Å². The number of hydrogen-bond acceptors (Lipinski definition) is 7. The molecule has 2 atom stereocenters. The van der Waals surface area contributed by atoms with Gasteiger partial charge in [0, 0.05) is 50.4 Å². The molecule has 0 bridgehead atoms. The van der Waals surface area contributed by atoms with Crippen LogP contribution in [0.3, 0.4) is 0 Å². The molecular formula is C20H24N6O2S. The van der Waals surface area contributed by atoms with E-state index >= 15 is 0 Å². The zero-order valence-corrected chi connectivity index (χ0v) is 17.2. The van der Waals surface area contributed by atoms with Crippen LogP contribution in [0.2, 0.25) is 0 Å². The minimum Gasteiger partial charge on any atom is -0.380 e. The van der Waals surface area contributed by atoms with Gasteiger partial charge in [-0.2, -0.15) is 5.26 Å². The Morgan fingerprint density at radius 2 is 2.45 bits per heavy atom. The predicted molar refractivity (Wildman–Crippen MR) is 108 cm³/mol. The molecule has 0 saturated carbocycles.